The summed E-state index contributed by atoms with van der Waals surface area (Å²) in [6.07, 6.45) is 2.04. The lowest BCUT2D eigenvalue weighted by molar-refractivity contribution is -0.131. The molecule has 2 heterocycles. The fourth-order valence-electron chi connectivity index (χ4n) is 4.38. The third-order valence-corrected chi connectivity index (χ3v) is 6.70. The lowest BCUT2D eigenvalue weighted by Crippen LogP contribution is -2.60. The lowest BCUT2D eigenvalue weighted by atomic mass is 9.82. The minimum Gasteiger partial charge on any atom is -0.379 e. The van der Waals surface area contributed by atoms with E-state index < -0.39 is 35.1 Å². The number of hydrogen-bond donors (Lipinski definition) is 4. The number of hydrogen-bond acceptors (Lipinski definition) is 7. The Morgan fingerprint density at radius 2 is 1.92 bits per heavy atom. The number of anilines is 1. The number of morpholine rings is 1. The first kappa shape index (κ1) is 26.5. The van der Waals surface area contributed by atoms with Gasteiger partial charge in [-0.25, -0.2) is 4.39 Å². The number of rotatable bonds is 9. The number of nitrogens with one attached hydrogen (secondary N) is 3. The summed E-state index contributed by atoms with van der Waals surface area (Å²) in [4.78, 5) is 44.7. The number of aliphatic imine (C=N–C) groups is 1. The standard InChI is InChI=1S/C25H28ClFN6O4/c26-20-14-17(27)4-7-19(20)22(34)32-18-5-2-16(3-6-18)25(24(28)36)21(30-15-31-25)23(35)29-8-1-9-33-10-12-37-13-11-33/h2-7,14-15,21H,1,8-13H2,(H2,28,36)(H,29,35)(H,30,31)(H,32,34). The van der Waals surface area contributed by atoms with Gasteiger partial charge in [-0.15, -0.1) is 0 Å². The second-order valence-electron chi connectivity index (χ2n) is 8.75. The van der Waals surface area contributed by atoms with Gasteiger partial charge in [0, 0.05) is 25.3 Å². The van der Waals surface area contributed by atoms with Crippen LogP contribution in [0.15, 0.2) is 47.5 Å². The van der Waals surface area contributed by atoms with Crippen molar-refractivity contribution in [2.45, 2.75) is 18.0 Å². The van der Waals surface area contributed by atoms with E-state index in [1.54, 1.807) is 24.3 Å². The van der Waals surface area contributed by atoms with Crippen LogP contribution in [0.3, 0.4) is 0 Å². The molecular weight excluding hydrogens is 503 g/mol. The molecule has 12 heteroatoms. The first-order valence-corrected chi connectivity index (χ1v) is 12.2. The normalized spacial score (nSPS) is 21.3. The van der Waals surface area contributed by atoms with Crippen molar-refractivity contribution < 1.29 is 23.5 Å². The number of benzene rings is 2. The van der Waals surface area contributed by atoms with Crippen LogP contribution < -0.4 is 21.7 Å². The van der Waals surface area contributed by atoms with Gasteiger partial charge in [-0.2, -0.15) is 0 Å². The van der Waals surface area contributed by atoms with Crippen LogP contribution in [0.1, 0.15) is 22.3 Å². The molecule has 0 aliphatic carbocycles. The van der Waals surface area contributed by atoms with Crippen LogP contribution in [0.4, 0.5) is 10.1 Å². The first-order valence-electron chi connectivity index (χ1n) is 11.9. The van der Waals surface area contributed by atoms with Crippen molar-refractivity contribution in [3.05, 3.63) is 64.4 Å². The molecule has 3 amide bonds. The van der Waals surface area contributed by atoms with Crippen LogP contribution in [0.25, 0.3) is 0 Å². The van der Waals surface area contributed by atoms with Gasteiger partial charge < -0.3 is 26.4 Å². The third-order valence-electron chi connectivity index (χ3n) is 6.39. The molecule has 1 saturated heterocycles. The van der Waals surface area contributed by atoms with Gasteiger partial charge in [-0.05, 0) is 48.9 Å². The van der Waals surface area contributed by atoms with Crippen molar-refractivity contribution in [1.82, 2.24) is 15.5 Å². The van der Waals surface area contributed by atoms with Crippen LogP contribution in [0.5, 0.6) is 0 Å². The van der Waals surface area contributed by atoms with Crippen molar-refractivity contribution in [2.75, 3.05) is 44.7 Å². The number of amides is 3. The predicted molar refractivity (Wildman–Crippen MR) is 137 cm³/mol. The molecule has 2 aromatic rings. The number of primary amides is 1. The van der Waals surface area contributed by atoms with Crippen molar-refractivity contribution in [1.29, 1.82) is 0 Å². The first-order chi connectivity index (χ1) is 17.8. The number of nitrogens with zero attached hydrogens (tertiary/aromatic N) is 2. The second kappa shape index (κ2) is 11.7. The second-order valence-corrected chi connectivity index (χ2v) is 9.16. The van der Waals surface area contributed by atoms with Gasteiger partial charge in [0.25, 0.3) is 11.8 Å². The zero-order valence-corrected chi connectivity index (χ0v) is 20.8. The molecular formula is C25H28ClFN6O4. The minimum absolute atomic E-state index is 0.0205. The molecule has 0 saturated carbocycles. The highest BCUT2D eigenvalue weighted by atomic mass is 35.5. The van der Waals surface area contributed by atoms with E-state index in [2.05, 4.69) is 25.8 Å². The summed E-state index contributed by atoms with van der Waals surface area (Å²) in [5.74, 6) is -2.28. The van der Waals surface area contributed by atoms with E-state index in [9.17, 15) is 18.8 Å². The Morgan fingerprint density at radius 1 is 1.19 bits per heavy atom. The van der Waals surface area contributed by atoms with Gasteiger partial charge in [0.2, 0.25) is 5.91 Å². The molecule has 37 heavy (non-hydrogen) atoms. The van der Waals surface area contributed by atoms with Crippen molar-refractivity contribution in [2.24, 2.45) is 10.7 Å². The molecule has 10 nitrogen and oxygen atoms in total. The van der Waals surface area contributed by atoms with E-state index in [1.807, 2.05) is 0 Å². The monoisotopic (exact) mass is 530 g/mol. The molecule has 4 rings (SSSR count). The van der Waals surface area contributed by atoms with Crippen LogP contribution in [-0.4, -0.2) is 74.4 Å². The maximum atomic E-state index is 13.3. The van der Waals surface area contributed by atoms with Gasteiger partial charge in [-0.3, -0.25) is 24.3 Å². The summed E-state index contributed by atoms with van der Waals surface area (Å²) in [5.41, 5.74) is 5.10. The Labute approximate surface area is 218 Å². The Bertz CT molecular complexity index is 1190. The number of halogens is 2. The fraction of sp³-hybridized carbons (Fsp3) is 0.360. The highest BCUT2D eigenvalue weighted by molar-refractivity contribution is 6.34. The average molecular weight is 531 g/mol. The summed E-state index contributed by atoms with van der Waals surface area (Å²) in [5, 5.41) is 8.37. The highest BCUT2D eigenvalue weighted by Gasteiger charge is 2.52. The van der Waals surface area contributed by atoms with Crippen molar-refractivity contribution in [3.8, 4) is 0 Å². The van der Waals surface area contributed by atoms with Gasteiger partial charge in [0.05, 0.1) is 30.1 Å². The van der Waals surface area contributed by atoms with Crippen molar-refractivity contribution >= 4 is 41.3 Å². The Balaban J connectivity index is 1.41. The zero-order valence-electron chi connectivity index (χ0n) is 20.0. The predicted octanol–water partition coefficient (Wildman–Crippen LogP) is 1.25. The quantitative estimate of drug-likeness (QED) is 0.360. The molecule has 2 aromatic carbocycles. The van der Waals surface area contributed by atoms with E-state index >= 15 is 0 Å². The number of nitrogens with two attached hydrogens (primary N) is 1. The lowest BCUT2D eigenvalue weighted by Gasteiger charge is -2.31. The highest BCUT2D eigenvalue weighted by Crippen LogP contribution is 2.31. The van der Waals surface area contributed by atoms with Crippen LogP contribution in [0.2, 0.25) is 5.02 Å². The summed E-state index contributed by atoms with van der Waals surface area (Å²) in [6, 6.07) is 8.65. The van der Waals surface area contributed by atoms with Gasteiger partial charge in [-0.1, -0.05) is 23.7 Å². The average Bonchev–Trinajstić information content (AvgIpc) is 3.34. The summed E-state index contributed by atoms with van der Waals surface area (Å²) in [7, 11) is 0. The number of carbonyl (C=O) groups excluding carboxylic acids is 3. The molecule has 0 radical (unpaired) electrons. The number of carbonyl (C=O) groups is 3. The smallest absolute Gasteiger partial charge is 0.257 e. The minimum atomic E-state index is -1.59. The van der Waals surface area contributed by atoms with E-state index in [0.29, 0.717) is 31.0 Å². The molecule has 5 N–H and O–H groups in total. The van der Waals surface area contributed by atoms with Gasteiger partial charge in [0.1, 0.15) is 5.82 Å². The molecule has 196 valence electrons. The molecule has 1 fully saturated rings. The summed E-state index contributed by atoms with van der Waals surface area (Å²) in [6.45, 7) is 4.39. The van der Waals surface area contributed by atoms with E-state index in [4.69, 9.17) is 22.1 Å². The number of ether oxygens (including phenoxy) is 1. The van der Waals surface area contributed by atoms with Crippen LogP contribution >= 0.6 is 11.6 Å². The topological polar surface area (TPSA) is 138 Å². The fourth-order valence-corrected chi connectivity index (χ4v) is 4.64. The Hall–Kier alpha value is -3.54. The molecule has 2 aliphatic rings. The maximum absolute atomic E-state index is 13.3. The molecule has 0 aromatic heterocycles. The largest absolute Gasteiger partial charge is 0.379 e. The zero-order chi connectivity index (χ0) is 26.4. The van der Waals surface area contributed by atoms with E-state index in [-0.39, 0.29) is 10.6 Å². The molecule has 0 bridgehead atoms. The Morgan fingerprint density at radius 3 is 2.59 bits per heavy atom. The molecule has 2 atom stereocenters. The van der Waals surface area contributed by atoms with Crippen LogP contribution in [0, 0.1) is 5.82 Å². The molecule has 2 aliphatic heterocycles. The van der Waals surface area contributed by atoms with E-state index in [1.165, 1.54) is 12.4 Å². The summed E-state index contributed by atoms with van der Waals surface area (Å²) < 4.78 is 18.6. The SMILES string of the molecule is NC(=O)C1(c2ccc(NC(=O)c3ccc(F)cc3Cl)cc2)NC=NC1C(=O)NCCCN1CCOCC1. The summed E-state index contributed by atoms with van der Waals surface area (Å²) >= 11 is 5.97. The van der Waals surface area contributed by atoms with Crippen LogP contribution in [-0.2, 0) is 19.9 Å². The molecule has 2 unspecified atom stereocenters. The molecule has 0 spiro atoms. The van der Waals surface area contributed by atoms with E-state index in [0.717, 1.165) is 38.2 Å². The van der Waals surface area contributed by atoms with Gasteiger partial charge >= 0.3 is 0 Å². The maximum Gasteiger partial charge on any atom is 0.257 e. The van der Waals surface area contributed by atoms with Gasteiger partial charge in [0.15, 0.2) is 11.6 Å². The Kier molecular flexibility index (Phi) is 8.37. The third kappa shape index (κ3) is 5.90. The van der Waals surface area contributed by atoms with Crippen molar-refractivity contribution in [3.63, 3.8) is 0 Å².